The van der Waals surface area contributed by atoms with Crippen molar-refractivity contribution in [3.05, 3.63) is 52.1 Å². The molecule has 0 bridgehead atoms. The second-order valence-electron chi connectivity index (χ2n) is 8.60. The fraction of sp³-hybridized carbons (Fsp3) is 0.407. The molecule has 1 aliphatic rings. The van der Waals surface area contributed by atoms with Crippen molar-refractivity contribution in [1.29, 1.82) is 0 Å². The number of halogens is 2. The van der Waals surface area contributed by atoms with E-state index in [-0.39, 0.29) is 47.5 Å². The maximum Gasteiger partial charge on any atom is 0.163 e. The van der Waals surface area contributed by atoms with Crippen molar-refractivity contribution in [2.24, 2.45) is 5.92 Å². The van der Waals surface area contributed by atoms with Gasteiger partial charge in [0.05, 0.1) is 26.8 Å². The van der Waals surface area contributed by atoms with Gasteiger partial charge in [0.25, 0.3) is 0 Å². The summed E-state index contributed by atoms with van der Waals surface area (Å²) in [6.07, 6.45) is 4.22. The summed E-state index contributed by atoms with van der Waals surface area (Å²) in [5, 5.41) is 14.5. The molecule has 182 valence electrons. The number of pyridine rings is 1. The molecule has 1 heterocycles. The quantitative estimate of drug-likeness (QED) is 0.343. The molecule has 5 nitrogen and oxygen atoms in total. The van der Waals surface area contributed by atoms with Crippen molar-refractivity contribution in [1.82, 2.24) is 9.88 Å². The number of Topliss-reactive ketones (excluding diaryl/α,β-unsaturated/α-hetero) is 1. The monoisotopic (exact) mass is 507 g/mol. The van der Waals surface area contributed by atoms with Crippen LogP contribution in [0.15, 0.2) is 36.5 Å². The number of benzene rings is 2. The van der Waals surface area contributed by atoms with Crippen LogP contribution in [0, 0.1) is 5.92 Å². The maximum atomic E-state index is 12.5. The molecule has 2 N–H and O–H groups in total. The van der Waals surface area contributed by atoms with Crippen molar-refractivity contribution >= 4 is 45.6 Å². The van der Waals surface area contributed by atoms with E-state index in [0.29, 0.717) is 52.9 Å². The Morgan fingerprint density at radius 2 is 1.82 bits per heavy atom. The van der Waals surface area contributed by atoms with Crippen LogP contribution in [0.4, 0.5) is 5.69 Å². The molecular formula is C27H33Cl2N3O2. The van der Waals surface area contributed by atoms with Gasteiger partial charge in [0.1, 0.15) is 0 Å². The number of hydrogen-bond acceptors (Lipinski definition) is 5. The van der Waals surface area contributed by atoms with Gasteiger partial charge in [-0.15, -0.1) is 0 Å². The molecular weight excluding hydrogens is 469 g/mol. The van der Waals surface area contributed by atoms with Crippen molar-refractivity contribution in [2.75, 3.05) is 25.8 Å². The summed E-state index contributed by atoms with van der Waals surface area (Å²) in [5.41, 5.74) is 3.24. The molecule has 1 saturated carbocycles. The van der Waals surface area contributed by atoms with Gasteiger partial charge in [0.2, 0.25) is 0 Å². The number of carbonyl (C=O) groups is 1. The normalized spacial score (nSPS) is 21.4. The first-order chi connectivity index (χ1) is 18.1. The second kappa shape index (κ2) is 10.9. The molecule has 7 heteroatoms. The number of ketones is 1. The molecule has 0 spiro atoms. The summed E-state index contributed by atoms with van der Waals surface area (Å²) < 4.78 is 45.8. The van der Waals surface area contributed by atoms with E-state index in [1.807, 2.05) is 18.2 Å². The number of aromatic hydroxyl groups is 1. The highest BCUT2D eigenvalue weighted by molar-refractivity contribution is 6.37. The molecule has 0 saturated heterocycles. The van der Waals surface area contributed by atoms with Gasteiger partial charge in [-0.3, -0.25) is 9.78 Å². The Hall–Kier alpha value is -2.34. The first kappa shape index (κ1) is 18.9. The van der Waals surface area contributed by atoms with Crippen LogP contribution in [-0.2, 0) is 0 Å². The van der Waals surface area contributed by atoms with Gasteiger partial charge in [0.15, 0.2) is 11.5 Å². The van der Waals surface area contributed by atoms with Crippen LogP contribution >= 0.6 is 23.2 Å². The smallest absolute Gasteiger partial charge is 0.163 e. The molecule has 0 radical (unpaired) electrons. The molecule has 1 fully saturated rings. The SMILES string of the molecule is C.[2H]C([2H])([2H])N(CC1CCC(Nc2c(C(C)=O)cnc3ccc(-c4cc(Cl)c(O)c(Cl)c4)cc23)CC1)C([2H])([2H])[2H]. The first-order valence-corrected chi connectivity index (χ1v) is 11.6. The van der Waals surface area contributed by atoms with Gasteiger partial charge in [0, 0.05) is 32.4 Å². The van der Waals surface area contributed by atoms with E-state index in [0.717, 1.165) is 10.9 Å². The minimum absolute atomic E-state index is 0. The van der Waals surface area contributed by atoms with E-state index < -0.39 is 14.0 Å². The topological polar surface area (TPSA) is 65.5 Å². The molecule has 0 atom stereocenters. The number of fused-ring (bicyclic) bond motifs is 1. The minimum Gasteiger partial charge on any atom is -0.505 e. The fourth-order valence-electron chi connectivity index (χ4n) is 4.48. The number of anilines is 1. The Labute approximate surface area is 220 Å². The lowest BCUT2D eigenvalue weighted by Gasteiger charge is -2.32. The lowest BCUT2D eigenvalue weighted by atomic mass is 9.85. The lowest BCUT2D eigenvalue weighted by molar-refractivity contribution is 0.101. The summed E-state index contributed by atoms with van der Waals surface area (Å²) in [5.74, 6) is -0.407. The number of nitrogens with one attached hydrogen (secondary N) is 1. The third kappa shape index (κ3) is 5.65. The zero-order valence-electron chi connectivity index (χ0n) is 24.2. The van der Waals surface area contributed by atoms with Crippen molar-refractivity contribution in [3.8, 4) is 16.9 Å². The van der Waals surface area contributed by atoms with E-state index in [1.54, 1.807) is 18.3 Å². The summed E-state index contributed by atoms with van der Waals surface area (Å²) >= 11 is 12.3. The van der Waals surface area contributed by atoms with E-state index in [9.17, 15) is 9.90 Å². The summed E-state index contributed by atoms with van der Waals surface area (Å²) in [4.78, 5) is 17.6. The van der Waals surface area contributed by atoms with Crippen molar-refractivity contribution in [3.63, 3.8) is 0 Å². The van der Waals surface area contributed by atoms with Crippen LogP contribution in [0.1, 0.15) is 58.6 Å². The Morgan fingerprint density at radius 1 is 1.15 bits per heavy atom. The Morgan fingerprint density at radius 3 is 2.44 bits per heavy atom. The van der Waals surface area contributed by atoms with Crippen molar-refractivity contribution in [2.45, 2.75) is 46.1 Å². The zero-order valence-corrected chi connectivity index (χ0v) is 19.7. The third-order valence-corrected chi connectivity index (χ3v) is 6.81. The molecule has 0 aliphatic heterocycles. The van der Waals surface area contributed by atoms with Gasteiger partial charge in [-0.1, -0.05) is 36.7 Å². The molecule has 0 unspecified atom stereocenters. The summed E-state index contributed by atoms with van der Waals surface area (Å²) in [6, 6.07) is 8.82. The molecule has 4 rings (SSSR count). The Kier molecular flexibility index (Phi) is 6.09. The Bertz CT molecular complexity index is 1350. The highest BCUT2D eigenvalue weighted by atomic mass is 35.5. The minimum atomic E-state index is -2.70. The predicted octanol–water partition coefficient (Wildman–Crippen LogP) is 7.29. The number of hydrogen-bond donors (Lipinski definition) is 2. The molecule has 3 aromatic rings. The highest BCUT2D eigenvalue weighted by Crippen LogP contribution is 2.38. The molecule has 2 aromatic carbocycles. The van der Waals surface area contributed by atoms with Gasteiger partial charge < -0.3 is 15.3 Å². The summed E-state index contributed by atoms with van der Waals surface area (Å²) in [7, 11) is 0. The highest BCUT2D eigenvalue weighted by Gasteiger charge is 2.24. The number of phenolic OH excluding ortho intramolecular Hbond substituents is 1. The van der Waals surface area contributed by atoms with E-state index in [4.69, 9.17) is 31.4 Å². The molecule has 34 heavy (non-hydrogen) atoms. The van der Waals surface area contributed by atoms with Gasteiger partial charge >= 0.3 is 0 Å². The van der Waals surface area contributed by atoms with Crippen molar-refractivity contribution < 1.29 is 18.1 Å². The zero-order chi connectivity index (χ0) is 28.7. The fourth-order valence-corrected chi connectivity index (χ4v) is 4.97. The van der Waals surface area contributed by atoms with E-state index in [1.165, 1.54) is 6.92 Å². The standard InChI is InChI=1S/C26H29Cl2N3O2.CH4/c1-15(32)21-13-29-24-9-6-17(18-11-22(27)26(33)23(28)12-18)10-20(24)25(21)30-19-7-4-16(5-8-19)14-31(2)3;/h6,9-13,16,19,33H,4-5,7-8,14H2,1-3H3,(H,29,30);1H4/i2D3,3D3;. The Balaban J connectivity index is 0.00000441. The lowest BCUT2D eigenvalue weighted by Crippen LogP contribution is -2.31. The van der Waals surface area contributed by atoms with Crippen LogP contribution in [-0.4, -0.2) is 47.3 Å². The van der Waals surface area contributed by atoms with Gasteiger partial charge in [-0.05, 0) is 87.9 Å². The van der Waals surface area contributed by atoms with Gasteiger partial charge in [-0.25, -0.2) is 0 Å². The van der Waals surface area contributed by atoms with Gasteiger partial charge in [-0.2, -0.15) is 0 Å². The number of aromatic nitrogens is 1. The van der Waals surface area contributed by atoms with Crippen LogP contribution in [0.25, 0.3) is 22.0 Å². The largest absolute Gasteiger partial charge is 0.505 e. The number of nitrogens with zero attached hydrogens (tertiary/aromatic N) is 2. The molecule has 1 aromatic heterocycles. The molecule has 1 aliphatic carbocycles. The second-order valence-corrected chi connectivity index (χ2v) is 9.41. The van der Waals surface area contributed by atoms with E-state index >= 15 is 0 Å². The average Bonchev–Trinajstić information content (AvgIpc) is 2.84. The van der Waals surface area contributed by atoms with Crippen LogP contribution in [0.5, 0.6) is 5.75 Å². The average molecular weight is 509 g/mol. The first-order valence-electron chi connectivity index (χ1n) is 13.8. The molecule has 0 amide bonds. The predicted molar refractivity (Wildman–Crippen MR) is 144 cm³/mol. The number of phenols is 1. The number of rotatable bonds is 6. The van der Waals surface area contributed by atoms with E-state index in [2.05, 4.69) is 10.3 Å². The van der Waals surface area contributed by atoms with Crippen LogP contribution in [0.3, 0.4) is 0 Å². The van der Waals surface area contributed by atoms with Crippen LogP contribution < -0.4 is 5.32 Å². The maximum absolute atomic E-state index is 12.5. The number of carbonyl (C=O) groups excluding carboxylic acids is 1. The summed E-state index contributed by atoms with van der Waals surface area (Å²) in [6.45, 7) is -3.95. The van der Waals surface area contributed by atoms with Crippen LogP contribution in [0.2, 0.25) is 10.0 Å². The third-order valence-electron chi connectivity index (χ3n) is 6.23.